The molecule has 4 amide bonds. The van der Waals surface area contributed by atoms with Gasteiger partial charge in [0.25, 0.3) is 17.7 Å². The fourth-order valence-electron chi connectivity index (χ4n) is 3.80. The van der Waals surface area contributed by atoms with Gasteiger partial charge in [-0.1, -0.05) is 18.2 Å². The van der Waals surface area contributed by atoms with Crippen LogP contribution in [0, 0.1) is 0 Å². The minimum absolute atomic E-state index is 0.0242. The van der Waals surface area contributed by atoms with Crippen molar-refractivity contribution in [2.45, 2.75) is 19.9 Å². The van der Waals surface area contributed by atoms with Gasteiger partial charge in [-0.3, -0.25) is 24.1 Å². The summed E-state index contributed by atoms with van der Waals surface area (Å²) in [6.45, 7) is 2.36. The summed E-state index contributed by atoms with van der Waals surface area (Å²) < 4.78 is 11.1. The van der Waals surface area contributed by atoms with E-state index < -0.39 is 11.8 Å². The topological polar surface area (TPSA) is 128 Å². The Hall–Kier alpha value is -4.66. The molecule has 0 saturated heterocycles. The summed E-state index contributed by atoms with van der Waals surface area (Å²) in [6.07, 6.45) is 0.107. The number of hydrogen-bond acceptors (Lipinski definition) is 6. The van der Waals surface area contributed by atoms with Crippen molar-refractivity contribution in [1.29, 1.82) is 0 Å². The van der Waals surface area contributed by atoms with E-state index in [1.807, 2.05) is 6.92 Å². The number of ether oxygens (including phenoxy) is 2. The number of carbonyl (C=O) groups excluding carboxylic acids is 4. The van der Waals surface area contributed by atoms with Crippen molar-refractivity contribution in [1.82, 2.24) is 4.90 Å². The number of primary amides is 1. The van der Waals surface area contributed by atoms with E-state index in [0.717, 1.165) is 0 Å². The van der Waals surface area contributed by atoms with E-state index in [0.29, 0.717) is 40.5 Å². The van der Waals surface area contributed by atoms with Crippen molar-refractivity contribution in [2.24, 2.45) is 5.73 Å². The highest BCUT2D eigenvalue weighted by Gasteiger charge is 2.35. The van der Waals surface area contributed by atoms with Crippen molar-refractivity contribution in [2.75, 3.05) is 18.5 Å². The smallest absolute Gasteiger partial charge is 0.261 e. The first-order valence-electron chi connectivity index (χ1n) is 11.4. The Bertz CT molecular complexity index is 1280. The maximum atomic E-state index is 13.1. The van der Waals surface area contributed by atoms with Gasteiger partial charge in [0.1, 0.15) is 11.5 Å². The van der Waals surface area contributed by atoms with Crippen LogP contribution in [0.25, 0.3) is 0 Å². The Morgan fingerprint density at radius 2 is 1.58 bits per heavy atom. The van der Waals surface area contributed by atoms with Crippen LogP contribution in [0.2, 0.25) is 0 Å². The molecular formula is C27H25N3O6. The number of nitrogens with two attached hydrogens (primary N) is 1. The van der Waals surface area contributed by atoms with E-state index in [1.165, 1.54) is 4.90 Å². The molecule has 3 aromatic carbocycles. The lowest BCUT2D eigenvalue weighted by Gasteiger charge is -2.16. The van der Waals surface area contributed by atoms with Crippen LogP contribution in [0.3, 0.4) is 0 Å². The lowest BCUT2D eigenvalue weighted by Crippen LogP contribution is -2.29. The molecule has 0 radical (unpaired) electrons. The second-order valence-corrected chi connectivity index (χ2v) is 8.05. The number of anilines is 1. The molecule has 4 rings (SSSR count). The van der Waals surface area contributed by atoms with Gasteiger partial charge in [0.15, 0.2) is 0 Å². The van der Waals surface area contributed by atoms with Crippen molar-refractivity contribution in [3.05, 3.63) is 89.0 Å². The number of carbonyl (C=O) groups is 4. The third kappa shape index (κ3) is 5.35. The van der Waals surface area contributed by atoms with Gasteiger partial charge < -0.3 is 20.5 Å². The van der Waals surface area contributed by atoms with Gasteiger partial charge >= 0.3 is 0 Å². The third-order valence-electron chi connectivity index (χ3n) is 5.54. The Balaban J connectivity index is 1.49. The Morgan fingerprint density at radius 1 is 0.917 bits per heavy atom. The van der Waals surface area contributed by atoms with E-state index in [2.05, 4.69) is 5.32 Å². The normalized spacial score (nSPS) is 12.3. The highest BCUT2D eigenvalue weighted by Crippen LogP contribution is 2.27. The van der Waals surface area contributed by atoms with E-state index in [1.54, 1.807) is 66.7 Å². The van der Waals surface area contributed by atoms with Gasteiger partial charge in [-0.05, 0) is 61.0 Å². The van der Waals surface area contributed by atoms with Crippen LogP contribution in [0.1, 0.15) is 50.0 Å². The van der Waals surface area contributed by atoms with Crippen molar-refractivity contribution in [3.8, 4) is 11.5 Å². The fourth-order valence-corrected chi connectivity index (χ4v) is 3.80. The largest absolute Gasteiger partial charge is 0.493 e. The van der Waals surface area contributed by atoms with Gasteiger partial charge in [0, 0.05) is 5.69 Å². The number of benzene rings is 3. The number of nitrogens with one attached hydrogen (secondary N) is 1. The zero-order chi connectivity index (χ0) is 25.7. The molecule has 0 aromatic heterocycles. The SMILES string of the molecule is CCOc1ccc(CN2C(=O)c3ccccc3C2=O)cc1C(=O)Nc1ccc(OCCC(N)=O)cc1. The standard InChI is InChI=1S/C27H25N3O6/c1-2-35-23-12-7-17(16-30-26(33)20-5-3-4-6-21(20)27(30)34)15-22(23)25(32)29-18-8-10-19(11-9-18)36-14-13-24(28)31/h3-12,15H,2,13-14,16H2,1H3,(H2,28,31)(H,29,32). The fraction of sp³-hybridized carbons (Fsp3) is 0.185. The van der Waals surface area contributed by atoms with E-state index in [9.17, 15) is 19.2 Å². The van der Waals surface area contributed by atoms with Crippen molar-refractivity contribution in [3.63, 3.8) is 0 Å². The highest BCUT2D eigenvalue weighted by atomic mass is 16.5. The minimum Gasteiger partial charge on any atom is -0.493 e. The minimum atomic E-state index is -0.450. The summed E-state index contributed by atoms with van der Waals surface area (Å²) in [4.78, 5) is 50.6. The van der Waals surface area contributed by atoms with E-state index in [-0.39, 0.29) is 37.0 Å². The lowest BCUT2D eigenvalue weighted by molar-refractivity contribution is -0.118. The van der Waals surface area contributed by atoms with E-state index >= 15 is 0 Å². The van der Waals surface area contributed by atoms with Crippen molar-refractivity contribution < 1.29 is 28.7 Å². The molecule has 184 valence electrons. The van der Waals surface area contributed by atoms with Gasteiger partial charge in [-0.15, -0.1) is 0 Å². The predicted molar refractivity (Wildman–Crippen MR) is 132 cm³/mol. The molecule has 3 aromatic rings. The van der Waals surface area contributed by atoms with Crippen LogP contribution in [0.5, 0.6) is 11.5 Å². The Kier molecular flexibility index (Phi) is 7.29. The second kappa shape index (κ2) is 10.7. The monoisotopic (exact) mass is 487 g/mol. The van der Waals surface area contributed by atoms with Crippen LogP contribution in [0.15, 0.2) is 66.7 Å². The van der Waals surface area contributed by atoms with Gasteiger partial charge in [-0.25, -0.2) is 0 Å². The molecule has 0 atom stereocenters. The maximum Gasteiger partial charge on any atom is 0.261 e. The summed E-state index contributed by atoms with van der Waals surface area (Å²) in [7, 11) is 0. The van der Waals surface area contributed by atoms with Gasteiger partial charge in [0.2, 0.25) is 5.91 Å². The number of rotatable bonds is 10. The highest BCUT2D eigenvalue weighted by molar-refractivity contribution is 6.21. The molecule has 0 bridgehead atoms. The summed E-state index contributed by atoms with van der Waals surface area (Å²) in [5, 5.41) is 2.82. The molecule has 9 nitrogen and oxygen atoms in total. The molecule has 1 aliphatic rings. The zero-order valence-electron chi connectivity index (χ0n) is 19.7. The molecular weight excluding hydrogens is 462 g/mol. The molecule has 0 unspecified atom stereocenters. The van der Waals surface area contributed by atoms with Gasteiger partial charge in [0.05, 0.1) is 42.9 Å². The number of amides is 4. The van der Waals surface area contributed by atoms with Crippen LogP contribution in [-0.4, -0.2) is 41.7 Å². The van der Waals surface area contributed by atoms with Crippen LogP contribution >= 0.6 is 0 Å². The average Bonchev–Trinajstić information content (AvgIpc) is 3.11. The molecule has 1 aliphatic heterocycles. The zero-order valence-corrected chi connectivity index (χ0v) is 19.7. The lowest BCUT2D eigenvalue weighted by atomic mass is 10.1. The average molecular weight is 488 g/mol. The summed E-state index contributed by atoms with van der Waals surface area (Å²) in [5.74, 6) is -0.679. The molecule has 3 N–H and O–H groups in total. The number of imide groups is 1. The molecule has 9 heteroatoms. The first-order chi connectivity index (χ1) is 17.4. The molecule has 1 heterocycles. The molecule has 36 heavy (non-hydrogen) atoms. The third-order valence-corrected chi connectivity index (χ3v) is 5.54. The first kappa shape index (κ1) is 24.5. The van der Waals surface area contributed by atoms with E-state index in [4.69, 9.17) is 15.2 Å². The number of fused-ring (bicyclic) bond motifs is 1. The van der Waals surface area contributed by atoms with Gasteiger partial charge in [-0.2, -0.15) is 0 Å². The summed E-state index contributed by atoms with van der Waals surface area (Å²) in [6, 6.07) is 18.3. The van der Waals surface area contributed by atoms with Crippen LogP contribution in [0.4, 0.5) is 5.69 Å². The molecule has 0 saturated carbocycles. The van der Waals surface area contributed by atoms with Crippen LogP contribution in [-0.2, 0) is 11.3 Å². The maximum absolute atomic E-state index is 13.1. The van der Waals surface area contributed by atoms with Crippen LogP contribution < -0.4 is 20.5 Å². The molecule has 0 spiro atoms. The summed E-state index contributed by atoms with van der Waals surface area (Å²) >= 11 is 0. The second-order valence-electron chi connectivity index (χ2n) is 8.05. The Morgan fingerprint density at radius 3 is 2.19 bits per heavy atom. The first-order valence-corrected chi connectivity index (χ1v) is 11.4. The predicted octanol–water partition coefficient (Wildman–Crippen LogP) is 3.39. The number of nitrogens with zero attached hydrogens (tertiary/aromatic N) is 1. The quantitative estimate of drug-likeness (QED) is 0.422. The Labute approximate surface area is 207 Å². The number of hydrogen-bond donors (Lipinski definition) is 2. The molecule has 0 fully saturated rings. The summed E-state index contributed by atoms with van der Waals surface area (Å²) in [5.41, 5.74) is 7.24. The van der Waals surface area contributed by atoms with Crippen molar-refractivity contribution >= 4 is 29.3 Å². The molecule has 0 aliphatic carbocycles.